The highest BCUT2D eigenvalue weighted by molar-refractivity contribution is 5.78. The molecule has 0 radical (unpaired) electrons. The van der Waals surface area contributed by atoms with E-state index in [0.29, 0.717) is 12.6 Å². The molecule has 0 atom stereocenters. The van der Waals surface area contributed by atoms with Gasteiger partial charge in [0.2, 0.25) is 5.91 Å². The van der Waals surface area contributed by atoms with Crippen LogP contribution in [0.5, 0.6) is 0 Å². The second kappa shape index (κ2) is 5.47. The maximum absolute atomic E-state index is 11.6. The molecular formula is C11H20N2O2. The van der Waals surface area contributed by atoms with Crippen LogP contribution < -0.4 is 5.48 Å². The van der Waals surface area contributed by atoms with Crippen molar-refractivity contribution in [3.05, 3.63) is 0 Å². The Labute approximate surface area is 90.9 Å². The van der Waals surface area contributed by atoms with Gasteiger partial charge >= 0.3 is 0 Å². The van der Waals surface area contributed by atoms with Crippen LogP contribution in [-0.2, 0) is 9.63 Å². The average molecular weight is 212 g/mol. The van der Waals surface area contributed by atoms with Crippen molar-refractivity contribution in [2.24, 2.45) is 0 Å². The molecule has 1 amide bonds. The molecule has 1 aliphatic heterocycles. The molecule has 1 saturated carbocycles. The Balaban J connectivity index is 1.58. The van der Waals surface area contributed by atoms with Crippen LogP contribution in [0.1, 0.15) is 38.5 Å². The maximum Gasteiger partial charge on any atom is 0.238 e. The zero-order valence-corrected chi connectivity index (χ0v) is 9.21. The number of nitrogens with one attached hydrogen (secondary N) is 1. The van der Waals surface area contributed by atoms with Crippen molar-refractivity contribution in [3.63, 3.8) is 0 Å². The number of carbonyl (C=O) groups is 1. The molecule has 1 aliphatic carbocycles. The number of nitrogens with zero attached hydrogens (tertiary/aromatic N) is 1. The van der Waals surface area contributed by atoms with Gasteiger partial charge in [0.15, 0.2) is 0 Å². The summed E-state index contributed by atoms with van der Waals surface area (Å²) >= 11 is 0. The third kappa shape index (κ3) is 3.18. The fraction of sp³-hybridized carbons (Fsp3) is 0.909. The molecule has 0 unspecified atom stereocenters. The summed E-state index contributed by atoms with van der Waals surface area (Å²) < 4.78 is 0. The van der Waals surface area contributed by atoms with Gasteiger partial charge in [0.05, 0.1) is 6.10 Å². The highest BCUT2D eigenvalue weighted by Gasteiger charge is 2.19. The van der Waals surface area contributed by atoms with Crippen LogP contribution in [-0.4, -0.2) is 36.5 Å². The van der Waals surface area contributed by atoms with Crippen molar-refractivity contribution in [3.8, 4) is 0 Å². The van der Waals surface area contributed by atoms with E-state index in [0.717, 1.165) is 38.8 Å². The van der Waals surface area contributed by atoms with Crippen molar-refractivity contribution in [1.29, 1.82) is 0 Å². The third-order valence-electron chi connectivity index (χ3n) is 3.23. The molecule has 86 valence electrons. The smallest absolute Gasteiger partial charge is 0.238 e. The molecule has 1 saturated heterocycles. The Morgan fingerprint density at radius 2 is 1.87 bits per heavy atom. The van der Waals surface area contributed by atoms with Gasteiger partial charge in [-0.25, -0.2) is 0 Å². The van der Waals surface area contributed by atoms with Crippen LogP contribution in [0.3, 0.4) is 0 Å². The van der Waals surface area contributed by atoms with Gasteiger partial charge in [-0.05, 0) is 25.7 Å². The van der Waals surface area contributed by atoms with Crippen molar-refractivity contribution in [2.45, 2.75) is 44.6 Å². The summed E-state index contributed by atoms with van der Waals surface area (Å²) in [5.74, 6) is 0.172. The van der Waals surface area contributed by atoms with Crippen LogP contribution in [0.2, 0.25) is 0 Å². The quantitative estimate of drug-likeness (QED) is 0.709. The number of hydroxylamine groups is 1. The first-order chi connectivity index (χ1) is 7.36. The van der Waals surface area contributed by atoms with Crippen molar-refractivity contribution in [2.75, 3.05) is 19.6 Å². The van der Waals surface area contributed by atoms with Crippen LogP contribution in [0.15, 0.2) is 0 Å². The summed E-state index contributed by atoms with van der Waals surface area (Å²) in [4.78, 5) is 18.9. The van der Waals surface area contributed by atoms with Crippen molar-refractivity contribution in [1.82, 2.24) is 10.4 Å². The topological polar surface area (TPSA) is 41.6 Å². The second-order valence-electron chi connectivity index (χ2n) is 4.43. The summed E-state index contributed by atoms with van der Waals surface area (Å²) in [5.41, 5.74) is 2.81. The fourth-order valence-corrected chi connectivity index (χ4v) is 2.31. The van der Waals surface area contributed by atoms with Crippen LogP contribution in [0.4, 0.5) is 0 Å². The maximum atomic E-state index is 11.6. The van der Waals surface area contributed by atoms with Crippen LogP contribution >= 0.6 is 0 Å². The molecule has 1 N–H and O–H groups in total. The summed E-state index contributed by atoms with van der Waals surface area (Å²) in [6, 6.07) is 0. The van der Waals surface area contributed by atoms with E-state index < -0.39 is 0 Å². The average Bonchev–Trinajstić information content (AvgIpc) is 2.90. The fourth-order valence-electron chi connectivity index (χ4n) is 2.31. The minimum absolute atomic E-state index is 0.172. The first-order valence-corrected chi connectivity index (χ1v) is 6.02. The van der Waals surface area contributed by atoms with Crippen LogP contribution in [0.25, 0.3) is 0 Å². The Bertz CT molecular complexity index is 209. The van der Waals surface area contributed by atoms with Gasteiger partial charge in [-0.2, -0.15) is 5.48 Å². The Morgan fingerprint density at radius 1 is 1.20 bits per heavy atom. The molecule has 2 aliphatic rings. The molecule has 2 fully saturated rings. The standard InChI is InChI=1S/C11H20N2O2/c14-11(13-7-3-4-8-13)9-12-15-10-5-1-2-6-10/h10,12H,1-9H2. The van der Waals surface area contributed by atoms with Gasteiger partial charge < -0.3 is 4.90 Å². The normalized spacial score (nSPS) is 22.5. The number of likely N-dealkylation sites (tertiary alicyclic amines) is 1. The lowest BCUT2D eigenvalue weighted by Gasteiger charge is -2.16. The monoisotopic (exact) mass is 212 g/mol. The van der Waals surface area contributed by atoms with E-state index in [4.69, 9.17) is 4.84 Å². The van der Waals surface area contributed by atoms with E-state index in [1.54, 1.807) is 0 Å². The molecule has 0 aromatic carbocycles. The summed E-state index contributed by atoms with van der Waals surface area (Å²) in [6.45, 7) is 2.17. The first kappa shape index (κ1) is 10.9. The molecule has 0 bridgehead atoms. The molecule has 0 aromatic heterocycles. The zero-order chi connectivity index (χ0) is 10.5. The summed E-state index contributed by atoms with van der Waals surface area (Å²) in [5, 5.41) is 0. The Kier molecular flexibility index (Phi) is 3.97. The number of hydrogen-bond acceptors (Lipinski definition) is 3. The van der Waals surface area contributed by atoms with Crippen molar-refractivity contribution < 1.29 is 9.63 Å². The molecule has 1 heterocycles. The van der Waals surface area contributed by atoms with Crippen LogP contribution in [0, 0.1) is 0 Å². The minimum atomic E-state index is 0.172. The second-order valence-corrected chi connectivity index (χ2v) is 4.43. The minimum Gasteiger partial charge on any atom is -0.342 e. The van der Waals surface area contributed by atoms with Gasteiger partial charge in [0.25, 0.3) is 0 Å². The van der Waals surface area contributed by atoms with E-state index in [1.165, 1.54) is 12.8 Å². The Morgan fingerprint density at radius 3 is 2.53 bits per heavy atom. The van der Waals surface area contributed by atoms with E-state index in [1.807, 2.05) is 4.90 Å². The third-order valence-corrected chi connectivity index (χ3v) is 3.23. The van der Waals surface area contributed by atoms with Gasteiger partial charge in [-0.15, -0.1) is 0 Å². The van der Waals surface area contributed by atoms with E-state index in [2.05, 4.69) is 5.48 Å². The van der Waals surface area contributed by atoms with E-state index in [9.17, 15) is 4.79 Å². The highest BCUT2D eigenvalue weighted by atomic mass is 16.7. The predicted molar refractivity (Wildman–Crippen MR) is 57.2 cm³/mol. The lowest BCUT2D eigenvalue weighted by Crippen LogP contribution is -2.37. The predicted octanol–water partition coefficient (Wildman–Crippen LogP) is 1.07. The van der Waals surface area contributed by atoms with Gasteiger partial charge in [0.1, 0.15) is 6.54 Å². The van der Waals surface area contributed by atoms with E-state index in [-0.39, 0.29) is 5.91 Å². The summed E-state index contributed by atoms with van der Waals surface area (Å²) in [6.07, 6.45) is 7.40. The SMILES string of the molecule is O=C(CNOC1CCCC1)N1CCCC1. The van der Waals surface area contributed by atoms with Crippen molar-refractivity contribution >= 4 is 5.91 Å². The number of rotatable bonds is 4. The van der Waals surface area contributed by atoms with E-state index >= 15 is 0 Å². The molecule has 4 nitrogen and oxygen atoms in total. The number of carbonyl (C=O) groups excluding carboxylic acids is 1. The first-order valence-electron chi connectivity index (χ1n) is 6.02. The molecule has 0 aromatic rings. The lowest BCUT2D eigenvalue weighted by atomic mass is 10.3. The Hall–Kier alpha value is -0.610. The lowest BCUT2D eigenvalue weighted by molar-refractivity contribution is -0.133. The highest BCUT2D eigenvalue weighted by Crippen LogP contribution is 2.19. The number of hydrogen-bond donors (Lipinski definition) is 1. The molecule has 2 rings (SSSR count). The van der Waals surface area contributed by atoms with Gasteiger partial charge in [-0.1, -0.05) is 12.8 Å². The zero-order valence-electron chi connectivity index (χ0n) is 9.21. The molecule has 4 heteroatoms. The summed E-state index contributed by atoms with van der Waals surface area (Å²) in [7, 11) is 0. The largest absolute Gasteiger partial charge is 0.342 e. The van der Waals surface area contributed by atoms with Gasteiger partial charge in [-0.3, -0.25) is 9.63 Å². The number of amides is 1. The molecular weight excluding hydrogens is 192 g/mol. The molecule has 15 heavy (non-hydrogen) atoms. The molecule has 0 spiro atoms. The van der Waals surface area contributed by atoms with Gasteiger partial charge in [0, 0.05) is 13.1 Å².